The Bertz CT molecular complexity index is 748. The highest BCUT2D eigenvalue weighted by molar-refractivity contribution is 6.31. The van der Waals surface area contributed by atoms with Gasteiger partial charge in [0.25, 0.3) is 0 Å². The van der Waals surface area contributed by atoms with Crippen molar-refractivity contribution in [1.29, 1.82) is 5.41 Å². The highest BCUT2D eigenvalue weighted by Gasteiger charge is 2.16. The molecule has 1 aromatic heterocycles. The molecule has 0 saturated carbocycles. The SMILES string of the molecule is N=C1C=Nc2nc(Cc3ccc4c(c3)OCCO4)[nH]c2C1. The van der Waals surface area contributed by atoms with Gasteiger partial charge in [-0.2, -0.15) is 0 Å². The van der Waals surface area contributed by atoms with E-state index in [-0.39, 0.29) is 0 Å². The maximum absolute atomic E-state index is 7.63. The van der Waals surface area contributed by atoms with E-state index in [1.165, 1.54) is 0 Å². The number of hydrogen-bond acceptors (Lipinski definition) is 5. The van der Waals surface area contributed by atoms with Crippen LogP contribution in [0.25, 0.3) is 0 Å². The van der Waals surface area contributed by atoms with Gasteiger partial charge < -0.3 is 19.9 Å². The minimum Gasteiger partial charge on any atom is -0.486 e. The van der Waals surface area contributed by atoms with Crippen LogP contribution in [0, 0.1) is 5.41 Å². The summed E-state index contributed by atoms with van der Waals surface area (Å²) in [6.07, 6.45) is 2.79. The second-order valence-corrected chi connectivity index (χ2v) is 5.10. The number of hydrogen-bond donors (Lipinski definition) is 2. The molecule has 3 heterocycles. The first-order valence-corrected chi connectivity index (χ1v) is 6.86. The molecule has 0 radical (unpaired) electrons. The number of H-pyrrole nitrogens is 1. The van der Waals surface area contributed by atoms with Crippen molar-refractivity contribution in [3.05, 3.63) is 35.3 Å². The minimum atomic E-state index is 0.497. The smallest absolute Gasteiger partial charge is 0.173 e. The fourth-order valence-corrected chi connectivity index (χ4v) is 2.53. The Balaban J connectivity index is 1.59. The predicted molar refractivity (Wildman–Crippen MR) is 78.4 cm³/mol. The van der Waals surface area contributed by atoms with Gasteiger partial charge in [-0.05, 0) is 17.7 Å². The summed E-state index contributed by atoms with van der Waals surface area (Å²) in [5.74, 6) is 3.12. The number of imidazole rings is 1. The summed E-state index contributed by atoms with van der Waals surface area (Å²) in [7, 11) is 0. The monoisotopic (exact) mass is 282 g/mol. The number of nitrogens with zero attached hydrogens (tertiary/aromatic N) is 2. The Hall–Kier alpha value is -2.63. The van der Waals surface area contributed by atoms with Crippen LogP contribution in [-0.2, 0) is 12.8 Å². The predicted octanol–water partition coefficient (Wildman–Crippen LogP) is 2.05. The standard InChI is InChI=1S/C15H14N4O2/c16-10-7-11-15(17-8-10)19-14(18-11)6-9-1-2-12-13(5-9)21-4-3-20-12/h1-2,5,8,16H,3-4,6-7H2,(H,18,19). The lowest BCUT2D eigenvalue weighted by Crippen LogP contribution is -2.15. The van der Waals surface area contributed by atoms with Gasteiger partial charge in [0.2, 0.25) is 0 Å². The number of ether oxygens (including phenoxy) is 2. The summed E-state index contributed by atoms with van der Waals surface area (Å²) in [6.45, 7) is 1.18. The van der Waals surface area contributed by atoms with E-state index in [9.17, 15) is 0 Å². The molecule has 2 aliphatic rings. The molecule has 2 aliphatic heterocycles. The van der Waals surface area contributed by atoms with Crippen LogP contribution in [0.3, 0.4) is 0 Å². The van der Waals surface area contributed by atoms with Gasteiger partial charge in [0.15, 0.2) is 17.3 Å². The molecule has 0 unspecified atom stereocenters. The van der Waals surface area contributed by atoms with Crippen LogP contribution in [0.5, 0.6) is 11.5 Å². The summed E-state index contributed by atoms with van der Waals surface area (Å²) < 4.78 is 11.1. The normalized spacial score (nSPS) is 15.9. The van der Waals surface area contributed by atoms with Crippen molar-refractivity contribution < 1.29 is 9.47 Å². The number of aromatic nitrogens is 2. The molecule has 0 atom stereocenters. The molecule has 0 fully saturated rings. The Labute approximate surface area is 121 Å². The van der Waals surface area contributed by atoms with Gasteiger partial charge in [0.1, 0.15) is 19.0 Å². The Morgan fingerprint density at radius 2 is 2.05 bits per heavy atom. The molecule has 0 amide bonds. The van der Waals surface area contributed by atoms with E-state index in [4.69, 9.17) is 14.9 Å². The molecule has 0 aliphatic carbocycles. The van der Waals surface area contributed by atoms with Crippen LogP contribution in [0.15, 0.2) is 23.2 Å². The van der Waals surface area contributed by atoms with Crippen LogP contribution < -0.4 is 9.47 Å². The zero-order chi connectivity index (χ0) is 14.2. The molecule has 21 heavy (non-hydrogen) atoms. The average molecular weight is 282 g/mol. The Morgan fingerprint density at radius 3 is 2.95 bits per heavy atom. The fraction of sp³-hybridized carbons (Fsp3) is 0.267. The highest BCUT2D eigenvalue weighted by Crippen LogP contribution is 2.31. The summed E-state index contributed by atoms with van der Waals surface area (Å²) in [5, 5.41) is 7.63. The van der Waals surface area contributed by atoms with E-state index < -0.39 is 0 Å². The molecule has 6 nitrogen and oxygen atoms in total. The molecule has 4 rings (SSSR count). The molecule has 106 valence electrons. The number of nitrogens with one attached hydrogen (secondary N) is 2. The molecule has 1 aromatic carbocycles. The highest BCUT2D eigenvalue weighted by atomic mass is 16.6. The average Bonchev–Trinajstić information content (AvgIpc) is 2.88. The van der Waals surface area contributed by atoms with Crippen molar-refractivity contribution in [1.82, 2.24) is 9.97 Å². The molecule has 0 spiro atoms. The van der Waals surface area contributed by atoms with Gasteiger partial charge in [-0.25, -0.2) is 9.98 Å². The van der Waals surface area contributed by atoms with Gasteiger partial charge in [-0.3, -0.25) is 0 Å². The molecule has 0 bridgehead atoms. The third kappa shape index (κ3) is 2.29. The molecule has 6 heteroatoms. The number of aliphatic imine (C=N–C) groups is 1. The lowest BCUT2D eigenvalue weighted by Gasteiger charge is -2.18. The Kier molecular flexibility index (Phi) is 2.73. The van der Waals surface area contributed by atoms with E-state index in [1.54, 1.807) is 6.21 Å². The second-order valence-electron chi connectivity index (χ2n) is 5.10. The molecule has 2 aromatic rings. The largest absolute Gasteiger partial charge is 0.486 e. The minimum absolute atomic E-state index is 0.497. The van der Waals surface area contributed by atoms with E-state index in [1.807, 2.05) is 18.2 Å². The van der Waals surface area contributed by atoms with Gasteiger partial charge in [-0.1, -0.05) is 6.07 Å². The summed E-state index contributed by atoms with van der Waals surface area (Å²) in [6, 6.07) is 5.93. The molecular formula is C15H14N4O2. The quantitative estimate of drug-likeness (QED) is 0.884. The number of benzene rings is 1. The molecular weight excluding hydrogens is 268 g/mol. The molecule has 0 saturated heterocycles. The summed E-state index contributed by atoms with van der Waals surface area (Å²) in [4.78, 5) is 11.9. The first kappa shape index (κ1) is 12.1. The van der Waals surface area contributed by atoms with E-state index in [2.05, 4.69) is 15.0 Å². The maximum Gasteiger partial charge on any atom is 0.173 e. The summed E-state index contributed by atoms with van der Waals surface area (Å²) >= 11 is 0. The first-order valence-electron chi connectivity index (χ1n) is 6.86. The van der Waals surface area contributed by atoms with Crippen molar-refractivity contribution in [2.75, 3.05) is 13.2 Å². The van der Waals surface area contributed by atoms with E-state index >= 15 is 0 Å². The van der Waals surface area contributed by atoms with Gasteiger partial charge in [-0.15, -0.1) is 0 Å². The first-order chi connectivity index (χ1) is 10.3. The third-order valence-electron chi connectivity index (χ3n) is 3.49. The topological polar surface area (TPSA) is 83.3 Å². The number of fused-ring (bicyclic) bond motifs is 2. The van der Waals surface area contributed by atoms with Gasteiger partial charge in [0.05, 0.1) is 17.6 Å². The Morgan fingerprint density at radius 1 is 1.19 bits per heavy atom. The van der Waals surface area contributed by atoms with Crippen LogP contribution in [-0.4, -0.2) is 35.1 Å². The van der Waals surface area contributed by atoms with E-state index in [0.29, 0.717) is 37.6 Å². The van der Waals surface area contributed by atoms with Crippen molar-refractivity contribution in [3.8, 4) is 11.5 Å². The zero-order valence-corrected chi connectivity index (χ0v) is 11.3. The van der Waals surface area contributed by atoms with Crippen molar-refractivity contribution in [2.45, 2.75) is 12.8 Å². The van der Waals surface area contributed by atoms with Crippen LogP contribution in [0.1, 0.15) is 17.1 Å². The lowest BCUT2D eigenvalue weighted by molar-refractivity contribution is 0.171. The van der Waals surface area contributed by atoms with Gasteiger partial charge in [0, 0.05) is 12.8 Å². The van der Waals surface area contributed by atoms with Crippen molar-refractivity contribution in [3.63, 3.8) is 0 Å². The molecule has 2 N–H and O–H groups in total. The fourth-order valence-electron chi connectivity index (χ4n) is 2.53. The van der Waals surface area contributed by atoms with Crippen LogP contribution in [0.2, 0.25) is 0 Å². The van der Waals surface area contributed by atoms with Crippen LogP contribution in [0.4, 0.5) is 5.82 Å². The third-order valence-corrected chi connectivity index (χ3v) is 3.49. The second kappa shape index (κ2) is 4.73. The summed E-state index contributed by atoms with van der Waals surface area (Å²) in [5.41, 5.74) is 2.51. The maximum atomic E-state index is 7.63. The van der Waals surface area contributed by atoms with Crippen molar-refractivity contribution in [2.24, 2.45) is 4.99 Å². The van der Waals surface area contributed by atoms with Gasteiger partial charge >= 0.3 is 0 Å². The zero-order valence-electron chi connectivity index (χ0n) is 11.3. The van der Waals surface area contributed by atoms with Crippen molar-refractivity contribution >= 4 is 17.7 Å². The number of rotatable bonds is 2. The number of aromatic amines is 1. The van der Waals surface area contributed by atoms with E-state index in [0.717, 1.165) is 28.6 Å². The van der Waals surface area contributed by atoms with Crippen LogP contribution >= 0.6 is 0 Å². The lowest BCUT2D eigenvalue weighted by atomic mass is 10.1.